The second-order valence-electron chi connectivity index (χ2n) is 7.26. The van der Waals surface area contributed by atoms with Gasteiger partial charge in [0, 0.05) is 11.5 Å². The van der Waals surface area contributed by atoms with Gasteiger partial charge in [-0.25, -0.2) is 0 Å². The molecule has 0 N–H and O–H groups in total. The van der Waals surface area contributed by atoms with Crippen LogP contribution < -0.4 is 0 Å². The summed E-state index contributed by atoms with van der Waals surface area (Å²) in [5.74, 6) is 7.58. The van der Waals surface area contributed by atoms with Crippen molar-refractivity contribution in [2.75, 3.05) is 0 Å². The molecule has 0 unspecified atom stereocenters. The van der Waals surface area contributed by atoms with Gasteiger partial charge >= 0.3 is 6.18 Å². The van der Waals surface area contributed by atoms with E-state index >= 15 is 0 Å². The van der Waals surface area contributed by atoms with Crippen LogP contribution in [0.15, 0.2) is 24.3 Å². The monoisotopic (exact) mass is 350 g/mol. The Morgan fingerprint density at radius 1 is 0.920 bits per heavy atom. The molecule has 0 saturated heterocycles. The topological polar surface area (TPSA) is 0 Å². The fourth-order valence-electron chi connectivity index (χ4n) is 3.56. The van der Waals surface area contributed by atoms with Crippen LogP contribution >= 0.6 is 0 Å². The molecular weight excluding hydrogens is 321 g/mol. The van der Waals surface area contributed by atoms with Crippen molar-refractivity contribution in [3.8, 4) is 11.8 Å². The Labute approximate surface area is 150 Å². The molecule has 1 aliphatic rings. The molecule has 138 valence electrons. The minimum Gasteiger partial charge on any atom is -0.166 e. The summed E-state index contributed by atoms with van der Waals surface area (Å²) >= 11 is 0. The zero-order valence-corrected chi connectivity index (χ0v) is 15.2. The Morgan fingerprint density at radius 3 is 2.16 bits per heavy atom. The summed E-state index contributed by atoms with van der Waals surface area (Å²) in [6, 6.07) is 5.16. The molecule has 25 heavy (non-hydrogen) atoms. The van der Waals surface area contributed by atoms with Crippen LogP contribution in [0.2, 0.25) is 0 Å². The van der Waals surface area contributed by atoms with Crippen LogP contribution in [0.1, 0.15) is 82.3 Å². The van der Waals surface area contributed by atoms with E-state index in [2.05, 4.69) is 18.8 Å². The molecule has 0 amide bonds. The second-order valence-corrected chi connectivity index (χ2v) is 7.26. The highest BCUT2D eigenvalue weighted by molar-refractivity contribution is 5.37. The third-order valence-electron chi connectivity index (χ3n) is 5.20. The largest absolute Gasteiger partial charge is 0.416 e. The maximum absolute atomic E-state index is 12.5. The summed E-state index contributed by atoms with van der Waals surface area (Å²) in [5.41, 5.74) is 0.0588. The second kappa shape index (κ2) is 9.90. The maximum Gasteiger partial charge on any atom is 0.416 e. The van der Waals surface area contributed by atoms with Gasteiger partial charge in [-0.2, -0.15) is 13.2 Å². The molecule has 3 heteroatoms. The SMILES string of the molecule is CCCCCCCC1CCC(C#Cc2ccc(C(F)(F)F)cc2)CC1. The van der Waals surface area contributed by atoms with E-state index in [-0.39, 0.29) is 0 Å². The van der Waals surface area contributed by atoms with Crippen LogP contribution in [0.4, 0.5) is 13.2 Å². The summed E-state index contributed by atoms with van der Waals surface area (Å²) in [6.07, 6.45) is 8.57. The van der Waals surface area contributed by atoms with Gasteiger partial charge in [-0.15, -0.1) is 0 Å². The van der Waals surface area contributed by atoms with Crippen molar-refractivity contribution in [1.82, 2.24) is 0 Å². The minimum atomic E-state index is -4.28. The van der Waals surface area contributed by atoms with E-state index < -0.39 is 11.7 Å². The van der Waals surface area contributed by atoms with Crippen molar-refractivity contribution >= 4 is 0 Å². The van der Waals surface area contributed by atoms with Crippen molar-refractivity contribution in [3.63, 3.8) is 0 Å². The quantitative estimate of drug-likeness (QED) is 0.375. The lowest BCUT2D eigenvalue weighted by atomic mass is 9.80. The first-order chi connectivity index (χ1) is 12.0. The van der Waals surface area contributed by atoms with Crippen molar-refractivity contribution < 1.29 is 13.2 Å². The Morgan fingerprint density at radius 2 is 1.56 bits per heavy atom. The molecule has 1 aliphatic carbocycles. The van der Waals surface area contributed by atoms with Gasteiger partial charge in [0.1, 0.15) is 0 Å². The lowest BCUT2D eigenvalue weighted by Crippen LogP contribution is -2.13. The molecule has 0 bridgehead atoms. The highest BCUT2D eigenvalue weighted by Crippen LogP contribution is 2.32. The summed E-state index contributed by atoms with van der Waals surface area (Å²) < 4.78 is 37.6. The van der Waals surface area contributed by atoms with Crippen molar-refractivity contribution in [2.24, 2.45) is 11.8 Å². The maximum atomic E-state index is 12.5. The van der Waals surface area contributed by atoms with Crippen LogP contribution in [0.3, 0.4) is 0 Å². The van der Waals surface area contributed by atoms with Crippen LogP contribution in [-0.2, 0) is 6.18 Å². The first-order valence-electron chi connectivity index (χ1n) is 9.68. The molecule has 1 aromatic carbocycles. The molecule has 0 aliphatic heterocycles. The predicted octanol–water partition coefficient (Wildman–Crippen LogP) is 7.22. The first-order valence-corrected chi connectivity index (χ1v) is 9.68. The summed E-state index contributed by atoms with van der Waals surface area (Å²) in [6.45, 7) is 2.24. The molecule has 0 nitrogen and oxygen atoms in total. The lowest BCUT2D eigenvalue weighted by Gasteiger charge is -2.25. The number of unbranched alkanes of at least 4 members (excludes halogenated alkanes) is 4. The van der Waals surface area contributed by atoms with E-state index in [1.54, 1.807) is 0 Å². The molecule has 1 saturated carbocycles. The van der Waals surface area contributed by atoms with Gasteiger partial charge in [-0.05, 0) is 55.9 Å². The Balaban J connectivity index is 1.72. The van der Waals surface area contributed by atoms with E-state index in [4.69, 9.17) is 0 Å². The van der Waals surface area contributed by atoms with E-state index in [1.165, 1.54) is 63.5 Å². The number of halogens is 3. The Hall–Kier alpha value is -1.43. The van der Waals surface area contributed by atoms with Gasteiger partial charge < -0.3 is 0 Å². The normalized spacial score (nSPS) is 20.8. The van der Waals surface area contributed by atoms with Gasteiger partial charge in [-0.1, -0.05) is 57.3 Å². The first kappa shape index (κ1) is 19.9. The van der Waals surface area contributed by atoms with Crippen LogP contribution in [0.5, 0.6) is 0 Å². The van der Waals surface area contributed by atoms with E-state index in [0.29, 0.717) is 11.5 Å². The fraction of sp³-hybridized carbons (Fsp3) is 0.636. The Kier molecular flexibility index (Phi) is 7.88. The molecule has 0 aromatic heterocycles. The Bertz CT molecular complexity index is 552. The van der Waals surface area contributed by atoms with Crippen LogP contribution in [0.25, 0.3) is 0 Å². The number of benzene rings is 1. The predicted molar refractivity (Wildman–Crippen MR) is 97.1 cm³/mol. The number of rotatable bonds is 6. The van der Waals surface area contributed by atoms with E-state index in [1.807, 2.05) is 0 Å². The zero-order chi connectivity index (χ0) is 18.1. The average Bonchev–Trinajstić information content (AvgIpc) is 2.60. The standard InChI is InChI=1S/C22H29F3/c1-2-3-4-5-6-7-18-8-10-19(11-9-18)12-13-20-14-16-21(17-15-20)22(23,24)25/h14-19H,2-11H2,1H3. The van der Waals surface area contributed by atoms with Crippen LogP contribution in [-0.4, -0.2) is 0 Å². The van der Waals surface area contributed by atoms with Crippen molar-refractivity contribution in [3.05, 3.63) is 35.4 Å². The fourth-order valence-corrected chi connectivity index (χ4v) is 3.56. The average molecular weight is 350 g/mol. The van der Waals surface area contributed by atoms with E-state index in [9.17, 15) is 13.2 Å². The van der Waals surface area contributed by atoms with Crippen LogP contribution in [0, 0.1) is 23.7 Å². The third-order valence-corrected chi connectivity index (χ3v) is 5.20. The molecule has 1 aromatic rings. The lowest BCUT2D eigenvalue weighted by molar-refractivity contribution is -0.137. The van der Waals surface area contributed by atoms with Crippen molar-refractivity contribution in [2.45, 2.75) is 77.3 Å². The number of alkyl halides is 3. The molecule has 1 fully saturated rings. The number of hydrogen-bond acceptors (Lipinski definition) is 0. The van der Waals surface area contributed by atoms with Gasteiger partial charge in [-0.3, -0.25) is 0 Å². The minimum absolute atomic E-state index is 0.402. The third kappa shape index (κ3) is 7.14. The molecule has 0 radical (unpaired) electrons. The molecule has 2 rings (SSSR count). The summed E-state index contributed by atoms with van der Waals surface area (Å²) in [7, 11) is 0. The number of hydrogen-bond donors (Lipinski definition) is 0. The highest BCUT2D eigenvalue weighted by Gasteiger charge is 2.29. The van der Waals surface area contributed by atoms with Crippen molar-refractivity contribution in [1.29, 1.82) is 0 Å². The van der Waals surface area contributed by atoms with E-state index in [0.717, 1.165) is 30.9 Å². The molecule has 0 heterocycles. The van der Waals surface area contributed by atoms with Gasteiger partial charge in [0.15, 0.2) is 0 Å². The smallest absolute Gasteiger partial charge is 0.166 e. The van der Waals surface area contributed by atoms with Gasteiger partial charge in [0.25, 0.3) is 0 Å². The molecule has 0 atom stereocenters. The molecular formula is C22H29F3. The zero-order valence-electron chi connectivity index (χ0n) is 15.2. The summed E-state index contributed by atoms with van der Waals surface area (Å²) in [4.78, 5) is 0. The highest BCUT2D eigenvalue weighted by atomic mass is 19.4. The van der Waals surface area contributed by atoms with Gasteiger partial charge in [0.2, 0.25) is 0 Å². The molecule has 0 spiro atoms. The van der Waals surface area contributed by atoms with Gasteiger partial charge in [0.05, 0.1) is 5.56 Å². The summed E-state index contributed by atoms with van der Waals surface area (Å²) in [5, 5.41) is 0.